The highest BCUT2D eigenvalue weighted by atomic mass is 16.7. The third-order valence-corrected chi connectivity index (χ3v) is 4.04. The zero-order chi connectivity index (χ0) is 13.4. The van der Waals surface area contributed by atoms with Crippen molar-refractivity contribution >= 4 is 0 Å². The largest absolute Gasteiger partial charge is 0.497 e. The van der Waals surface area contributed by atoms with E-state index in [1.807, 2.05) is 12.1 Å². The van der Waals surface area contributed by atoms with Crippen LogP contribution in [0.2, 0.25) is 0 Å². The van der Waals surface area contributed by atoms with E-state index in [-0.39, 0.29) is 6.79 Å². The first-order chi connectivity index (χ1) is 9.22. The SMILES string of the molecule is COc1cc2c(c(C3CC(CN)CN3C)c1)OCO2. The fourth-order valence-electron chi connectivity index (χ4n) is 3.02. The number of hydrogen-bond donors (Lipinski definition) is 1. The number of ether oxygens (including phenoxy) is 3. The number of hydrogen-bond acceptors (Lipinski definition) is 5. The summed E-state index contributed by atoms with van der Waals surface area (Å²) in [5, 5.41) is 0. The van der Waals surface area contributed by atoms with Gasteiger partial charge in [0, 0.05) is 24.2 Å². The van der Waals surface area contributed by atoms with Crippen LogP contribution in [-0.4, -0.2) is 38.9 Å². The lowest BCUT2D eigenvalue weighted by Crippen LogP contribution is -2.20. The van der Waals surface area contributed by atoms with Gasteiger partial charge >= 0.3 is 0 Å². The minimum Gasteiger partial charge on any atom is -0.497 e. The number of rotatable bonds is 3. The molecule has 5 nitrogen and oxygen atoms in total. The molecule has 2 aliphatic rings. The Labute approximate surface area is 113 Å². The maximum absolute atomic E-state index is 5.80. The first-order valence-corrected chi connectivity index (χ1v) is 6.60. The molecule has 2 heterocycles. The van der Waals surface area contributed by atoms with Gasteiger partial charge in [0.15, 0.2) is 11.5 Å². The van der Waals surface area contributed by atoms with Gasteiger partial charge in [-0.05, 0) is 32.0 Å². The number of benzene rings is 1. The van der Waals surface area contributed by atoms with Crippen LogP contribution >= 0.6 is 0 Å². The van der Waals surface area contributed by atoms with Crippen molar-refractivity contribution in [3.63, 3.8) is 0 Å². The zero-order valence-corrected chi connectivity index (χ0v) is 11.4. The van der Waals surface area contributed by atoms with Crippen LogP contribution in [0.4, 0.5) is 0 Å². The highest BCUT2D eigenvalue weighted by molar-refractivity contribution is 5.54. The lowest BCUT2D eigenvalue weighted by atomic mass is 9.98. The summed E-state index contributed by atoms with van der Waals surface area (Å²) in [5.41, 5.74) is 6.94. The van der Waals surface area contributed by atoms with Crippen molar-refractivity contribution in [2.45, 2.75) is 12.5 Å². The molecule has 0 saturated carbocycles. The summed E-state index contributed by atoms with van der Waals surface area (Å²) < 4.78 is 16.5. The van der Waals surface area contributed by atoms with E-state index in [4.69, 9.17) is 19.9 Å². The van der Waals surface area contributed by atoms with Crippen molar-refractivity contribution in [2.24, 2.45) is 11.7 Å². The Kier molecular flexibility index (Phi) is 3.24. The van der Waals surface area contributed by atoms with Crippen LogP contribution < -0.4 is 19.9 Å². The normalized spacial score (nSPS) is 25.8. The molecule has 1 saturated heterocycles. The minimum atomic E-state index is 0.284. The number of methoxy groups -OCH3 is 1. The molecule has 0 spiro atoms. The number of likely N-dealkylation sites (tertiary alicyclic amines) is 1. The second kappa shape index (κ2) is 4.90. The van der Waals surface area contributed by atoms with Gasteiger partial charge in [0.05, 0.1) is 7.11 Å². The molecule has 2 unspecified atom stereocenters. The lowest BCUT2D eigenvalue weighted by Gasteiger charge is -2.21. The standard InChI is InChI=1S/C14H20N2O3/c1-16-7-9(6-15)3-12(16)11-4-10(17-2)5-13-14(11)19-8-18-13/h4-5,9,12H,3,6-8,15H2,1-2H3. The van der Waals surface area contributed by atoms with Crippen molar-refractivity contribution in [1.29, 1.82) is 0 Å². The predicted octanol–water partition coefficient (Wildman–Crippen LogP) is 1.38. The molecule has 0 aliphatic carbocycles. The molecule has 19 heavy (non-hydrogen) atoms. The van der Waals surface area contributed by atoms with Gasteiger partial charge in [-0.15, -0.1) is 0 Å². The quantitative estimate of drug-likeness (QED) is 0.893. The summed E-state index contributed by atoms with van der Waals surface area (Å²) in [7, 11) is 3.80. The molecular weight excluding hydrogens is 244 g/mol. The van der Waals surface area contributed by atoms with Gasteiger partial charge in [-0.3, -0.25) is 4.90 Å². The van der Waals surface area contributed by atoms with Crippen LogP contribution in [0.25, 0.3) is 0 Å². The summed E-state index contributed by atoms with van der Waals surface area (Å²) >= 11 is 0. The molecule has 0 aromatic heterocycles. The average Bonchev–Trinajstić information content (AvgIpc) is 3.03. The molecule has 3 rings (SSSR count). The smallest absolute Gasteiger partial charge is 0.231 e. The second-order valence-electron chi connectivity index (χ2n) is 5.24. The summed E-state index contributed by atoms with van der Waals surface area (Å²) in [6.07, 6.45) is 1.05. The fourth-order valence-corrected chi connectivity index (χ4v) is 3.02. The van der Waals surface area contributed by atoms with E-state index in [0.717, 1.165) is 42.3 Å². The Hall–Kier alpha value is -1.46. The molecule has 0 bridgehead atoms. The number of fused-ring (bicyclic) bond motifs is 1. The molecular formula is C14H20N2O3. The maximum Gasteiger partial charge on any atom is 0.231 e. The topological polar surface area (TPSA) is 57.0 Å². The third-order valence-electron chi connectivity index (χ3n) is 4.04. The average molecular weight is 264 g/mol. The lowest BCUT2D eigenvalue weighted by molar-refractivity contribution is 0.171. The molecule has 2 atom stereocenters. The van der Waals surface area contributed by atoms with Crippen molar-refractivity contribution in [2.75, 3.05) is 34.0 Å². The summed E-state index contributed by atoms with van der Waals surface area (Å²) in [5.74, 6) is 2.98. The Morgan fingerprint density at radius 3 is 2.95 bits per heavy atom. The second-order valence-corrected chi connectivity index (χ2v) is 5.24. The number of nitrogens with two attached hydrogens (primary N) is 1. The summed E-state index contributed by atoms with van der Waals surface area (Å²) in [6, 6.07) is 4.24. The first kappa shape index (κ1) is 12.6. The van der Waals surface area contributed by atoms with E-state index >= 15 is 0 Å². The van der Waals surface area contributed by atoms with E-state index in [1.165, 1.54) is 0 Å². The molecule has 5 heteroatoms. The summed E-state index contributed by atoms with van der Waals surface area (Å²) in [6.45, 7) is 2.03. The van der Waals surface area contributed by atoms with Gasteiger partial charge in [0.2, 0.25) is 6.79 Å². The fraction of sp³-hybridized carbons (Fsp3) is 0.571. The Balaban J connectivity index is 1.98. The maximum atomic E-state index is 5.80. The van der Waals surface area contributed by atoms with Gasteiger partial charge in [0.1, 0.15) is 5.75 Å². The Bertz CT molecular complexity index is 478. The monoisotopic (exact) mass is 264 g/mol. The van der Waals surface area contributed by atoms with Crippen LogP contribution in [0.3, 0.4) is 0 Å². The van der Waals surface area contributed by atoms with Gasteiger partial charge < -0.3 is 19.9 Å². The van der Waals surface area contributed by atoms with Crippen molar-refractivity contribution in [3.05, 3.63) is 17.7 Å². The van der Waals surface area contributed by atoms with Crippen LogP contribution in [0.15, 0.2) is 12.1 Å². The minimum absolute atomic E-state index is 0.284. The third kappa shape index (κ3) is 2.13. The van der Waals surface area contributed by atoms with Gasteiger partial charge in [0.25, 0.3) is 0 Å². The van der Waals surface area contributed by atoms with Gasteiger partial charge in [-0.1, -0.05) is 0 Å². The number of nitrogens with zero attached hydrogens (tertiary/aromatic N) is 1. The van der Waals surface area contributed by atoms with Crippen LogP contribution in [0.5, 0.6) is 17.2 Å². The van der Waals surface area contributed by atoms with Crippen molar-refractivity contribution in [1.82, 2.24) is 4.90 Å². The molecule has 1 aromatic carbocycles. The van der Waals surface area contributed by atoms with Crippen molar-refractivity contribution < 1.29 is 14.2 Å². The molecule has 2 aliphatic heterocycles. The molecule has 1 fully saturated rings. The Morgan fingerprint density at radius 2 is 2.26 bits per heavy atom. The first-order valence-electron chi connectivity index (χ1n) is 6.60. The van der Waals surface area contributed by atoms with E-state index < -0.39 is 0 Å². The molecule has 1 aromatic rings. The van der Waals surface area contributed by atoms with Gasteiger partial charge in [-0.25, -0.2) is 0 Å². The highest BCUT2D eigenvalue weighted by Crippen LogP contribution is 2.46. The van der Waals surface area contributed by atoms with Gasteiger partial charge in [-0.2, -0.15) is 0 Å². The highest BCUT2D eigenvalue weighted by Gasteiger charge is 2.34. The van der Waals surface area contributed by atoms with Crippen LogP contribution in [0.1, 0.15) is 18.0 Å². The molecule has 0 amide bonds. The zero-order valence-electron chi connectivity index (χ0n) is 11.4. The molecule has 104 valence electrons. The van der Waals surface area contributed by atoms with E-state index in [1.54, 1.807) is 7.11 Å². The van der Waals surface area contributed by atoms with Crippen molar-refractivity contribution in [3.8, 4) is 17.2 Å². The predicted molar refractivity (Wildman–Crippen MR) is 71.6 cm³/mol. The van der Waals surface area contributed by atoms with E-state index in [0.29, 0.717) is 12.0 Å². The van der Waals surface area contributed by atoms with Crippen LogP contribution in [0, 0.1) is 5.92 Å². The van der Waals surface area contributed by atoms with E-state index in [9.17, 15) is 0 Å². The molecule has 2 N–H and O–H groups in total. The summed E-state index contributed by atoms with van der Waals surface area (Å²) in [4.78, 5) is 2.33. The Morgan fingerprint density at radius 1 is 1.42 bits per heavy atom. The molecule has 0 radical (unpaired) electrons. The van der Waals surface area contributed by atoms with Crippen LogP contribution in [-0.2, 0) is 0 Å². The van der Waals surface area contributed by atoms with E-state index in [2.05, 4.69) is 11.9 Å².